The highest BCUT2D eigenvalue weighted by Gasteiger charge is 2.19. The molecule has 3 N–H and O–H groups in total. The Bertz CT molecular complexity index is 329. The van der Waals surface area contributed by atoms with Gasteiger partial charge >= 0.3 is 0 Å². The molecule has 1 aromatic heterocycles. The predicted molar refractivity (Wildman–Crippen MR) is 60.7 cm³/mol. The quantitative estimate of drug-likeness (QED) is 0.755. The standard InChI is InChI=1S/C11H17N3O/c12-10-3-4-13-11(6-10)14-5-1-2-9(7-14)8-15/h3-4,6,9,15H,1-2,5,7-8H2,(H2,12,13). The van der Waals surface area contributed by atoms with E-state index >= 15 is 0 Å². The van der Waals surface area contributed by atoms with Crippen molar-refractivity contribution in [2.24, 2.45) is 5.92 Å². The second-order valence-electron chi connectivity index (χ2n) is 4.08. The zero-order valence-corrected chi connectivity index (χ0v) is 8.76. The van der Waals surface area contributed by atoms with Crippen molar-refractivity contribution in [2.45, 2.75) is 12.8 Å². The van der Waals surface area contributed by atoms with Gasteiger partial charge in [-0.1, -0.05) is 0 Å². The highest BCUT2D eigenvalue weighted by atomic mass is 16.3. The molecule has 0 bridgehead atoms. The molecule has 0 aliphatic carbocycles. The fraction of sp³-hybridized carbons (Fsp3) is 0.545. The molecule has 1 saturated heterocycles. The molecule has 1 fully saturated rings. The van der Waals surface area contributed by atoms with E-state index in [2.05, 4.69) is 9.88 Å². The molecule has 1 unspecified atom stereocenters. The van der Waals surface area contributed by atoms with Crippen LogP contribution in [0.5, 0.6) is 0 Å². The third-order valence-electron chi connectivity index (χ3n) is 2.87. The van der Waals surface area contributed by atoms with Crippen molar-refractivity contribution in [3.05, 3.63) is 18.3 Å². The molecule has 2 rings (SSSR count). The minimum Gasteiger partial charge on any atom is -0.399 e. The van der Waals surface area contributed by atoms with Gasteiger partial charge in [0.1, 0.15) is 5.82 Å². The summed E-state index contributed by atoms with van der Waals surface area (Å²) in [6.45, 7) is 2.15. The summed E-state index contributed by atoms with van der Waals surface area (Å²) < 4.78 is 0. The number of piperidine rings is 1. The van der Waals surface area contributed by atoms with Crippen LogP contribution in [0.15, 0.2) is 18.3 Å². The molecule has 0 spiro atoms. The summed E-state index contributed by atoms with van der Waals surface area (Å²) in [4.78, 5) is 6.49. The maximum atomic E-state index is 9.14. The lowest BCUT2D eigenvalue weighted by Gasteiger charge is -2.32. The molecule has 15 heavy (non-hydrogen) atoms. The normalized spacial score (nSPS) is 21.7. The largest absolute Gasteiger partial charge is 0.399 e. The van der Waals surface area contributed by atoms with Crippen LogP contribution in [0, 0.1) is 5.92 Å². The Kier molecular flexibility index (Phi) is 3.06. The number of nitrogen functional groups attached to an aromatic ring is 1. The number of rotatable bonds is 2. The highest BCUT2D eigenvalue weighted by molar-refractivity contribution is 5.50. The van der Waals surface area contributed by atoms with Gasteiger partial charge in [-0.25, -0.2) is 4.98 Å². The third-order valence-corrected chi connectivity index (χ3v) is 2.87. The van der Waals surface area contributed by atoms with Crippen LogP contribution < -0.4 is 10.6 Å². The molecule has 82 valence electrons. The Morgan fingerprint density at radius 3 is 3.20 bits per heavy atom. The SMILES string of the molecule is Nc1ccnc(N2CCCC(CO)C2)c1. The van der Waals surface area contributed by atoms with Gasteiger partial charge in [0.05, 0.1) is 0 Å². The van der Waals surface area contributed by atoms with Gasteiger partial charge in [0.25, 0.3) is 0 Å². The number of pyridine rings is 1. The average molecular weight is 207 g/mol. The van der Waals surface area contributed by atoms with E-state index in [1.807, 2.05) is 6.07 Å². The van der Waals surface area contributed by atoms with Gasteiger partial charge in [-0.15, -0.1) is 0 Å². The molecule has 1 atom stereocenters. The van der Waals surface area contributed by atoms with Gasteiger partial charge < -0.3 is 15.7 Å². The Hall–Kier alpha value is -1.29. The summed E-state index contributed by atoms with van der Waals surface area (Å²) in [5.74, 6) is 1.30. The van der Waals surface area contributed by atoms with Gasteiger partial charge in [-0.05, 0) is 24.8 Å². The Morgan fingerprint density at radius 1 is 1.60 bits per heavy atom. The molecule has 4 heteroatoms. The van der Waals surface area contributed by atoms with E-state index in [9.17, 15) is 0 Å². The van der Waals surface area contributed by atoms with E-state index in [1.165, 1.54) is 0 Å². The summed E-state index contributed by atoms with van der Waals surface area (Å²) in [7, 11) is 0. The second kappa shape index (κ2) is 4.49. The van der Waals surface area contributed by atoms with Crippen LogP contribution in [0.3, 0.4) is 0 Å². The van der Waals surface area contributed by atoms with Crippen LogP contribution in [0.25, 0.3) is 0 Å². The van der Waals surface area contributed by atoms with Crippen LogP contribution >= 0.6 is 0 Å². The first-order valence-corrected chi connectivity index (χ1v) is 5.37. The summed E-state index contributed by atoms with van der Waals surface area (Å²) in [6, 6.07) is 3.68. The zero-order valence-electron chi connectivity index (χ0n) is 8.76. The summed E-state index contributed by atoms with van der Waals surface area (Å²) >= 11 is 0. The maximum Gasteiger partial charge on any atom is 0.130 e. The number of anilines is 2. The van der Waals surface area contributed by atoms with Crippen molar-refractivity contribution in [1.82, 2.24) is 4.98 Å². The molecule has 0 aromatic carbocycles. The second-order valence-corrected chi connectivity index (χ2v) is 4.08. The first kappa shape index (κ1) is 10.2. The topological polar surface area (TPSA) is 62.4 Å². The molecular formula is C11H17N3O. The first-order valence-electron chi connectivity index (χ1n) is 5.37. The molecule has 1 aliphatic rings. The van der Waals surface area contributed by atoms with Gasteiger partial charge in [-0.3, -0.25) is 0 Å². The fourth-order valence-electron chi connectivity index (χ4n) is 2.03. The lowest BCUT2D eigenvalue weighted by atomic mass is 9.99. The van der Waals surface area contributed by atoms with E-state index < -0.39 is 0 Å². The van der Waals surface area contributed by atoms with Crippen LogP contribution in [0.4, 0.5) is 11.5 Å². The first-order chi connectivity index (χ1) is 7.29. The van der Waals surface area contributed by atoms with E-state index in [0.29, 0.717) is 5.92 Å². The number of nitrogens with two attached hydrogens (primary N) is 1. The third kappa shape index (κ3) is 2.39. The van der Waals surface area contributed by atoms with Gasteiger partial charge in [0.2, 0.25) is 0 Å². The van der Waals surface area contributed by atoms with Crippen molar-refractivity contribution in [3.63, 3.8) is 0 Å². The lowest BCUT2D eigenvalue weighted by molar-refractivity contribution is 0.208. The van der Waals surface area contributed by atoms with Crippen LogP contribution in [-0.4, -0.2) is 29.8 Å². The van der Waals surface area contributed by atoms with Crippen LogP contribution in [-0.2, 0) is 0 Å². The Balaban J connectivity index is 2.09. The summed E-state index contributed by atoms with van der Waals surface area (Å²) in [6.07, 6.45) is 3.95. The smallest absolute Gasteiger partial charge is 0.130 e. The van der Waals surface area contributed by atoms with Crippen LogP contribution in [0.2, 0.25) is 0 Å². The van der Waals surface area contributed by atoms with Crippen molar-refractivity contribution >= 4 is 11.5 Å². The molecule has 4 nitrogen and oxygen atoms in total. The van der Waals surface area contributed by atoms with Crippen molar-refractivity contribution in [2.75, 3.05) is 30.3 Å². The molecule has 1 aromatic rings. The molecular weight excluding hydrogens is 190 g/mol. The predicted octanol–water partition coefficient (Wildman–Crippen LogP) is 0.872. The Labute approximate surface area is 89.7 Å². The number of aliphatic hydroxyl groups excluding tert-OH is 1. The molecule has 0 saturated carbocycles. The number of hydrogen-bond acceptors (Lipinski definition) is 4. The van der Waals surface area contributed by atoms with Gasteiger partial charge in [0.15, 0.2) is 0 Å². The van der Waals surface area contributed by atoms with Crippen molar-refractivity contribution in [1.29, 1.82) is 0 Å². The van der Waals surface area contributed by atoms with Crippen molar-refractivity contribution < 1.29 is 5.11 Å². The fourth-order valence-corrected chi connectivity index (χ4v) is 2.03. The Morgan fingerprint density at radius 2 is 2.47 bits per heavy atom. The minimum atomic E-state index is 0.263. The molecule has 2 heterocycles. The number of hydrogen-bond donors (Lipinski definition) is 2. The van der Waals surface area contributed by atoms with Gasteiger partial charge in [-0.2, -0.15) is 0 Å². The molecule has 0 amide bonds. The average Bonchev–Trinajstić information content (AvgIpc) is 2.29. The monoisotopic (exact) mass is 207 g/mol. The van der Waals surface area contributed by atoms with E-state index in [-0.39, 0.29) is 6.61 Å². The molecule has 0 radical (unpaired) electrons. The highest BCUT2D eigenvalue weighted by Crippen LogP contribution is 2.22. The lowest BCUT2D eigenvalue weighted by Crippen LogP contribution is -2.37. The summed E-state index contributed by atoms with van der Waals surface area (Å²) in [5, 5.41) is 9.14. The van der Waals surface area contributed by atoms with Gasteiger partial charge in [0, 0.05) is 37.6 Å². The number of aliphatic hydroxyl groups is 1. The minimum absolute atomic E-state index is 0.263. The number of nitrogens with zero attached hydrogens (tertiary/aromatic N) is 2. The summed E-state index contributed by atoms with van der Waals surface area (Å²) in [5.41, 5.74) is 6.46. The van der Waals surface area contributed by atoms with E-state index in [4.69, 9.17) is 10.8 Å². The van der Waals surface area contributed by atoms with Crippen molar-refractivity contribution in [3.8, 4) is 0 Å². The molecule has 1 aliphatic heterocycles. The number of aromatic nitrogens is 1. The van der Waals surface area contributed by atoms with E-state index in [0.717, 1.165) is 37.4 Å². The van der Waals surface area contributed by atoms with E-state index in [1.54, 1.807) is 12.3 Å². The maximum absolute atomic E-state index is 9.14. The van der Waals surface area contributed by atoms with Crippen LogP contribution in [0.1, 0.15) is 12.8 Å². The zero-order chi connectivity index (χ0) is 10.7.